The first-order valence-corrected chi connectivity index (χ1v) is 3.98. The number of nitrogens with one attached hydrogen (secondary N) is 1. The largest absolute Gasteiger partial charge is 0.352 e. The molecular formula is C6H4N2S2. The molecular weight excluding hydrogens is 164 g/mol. The van der Waals surface area contributed by atoms with Crippen LogP contribution in [0.2, 0.25) is 0 Å². The Balaban J connectivity index is 3.09. The molecule has 0 unspecified atom stereocenters. The van der Waals surface area contributed by atoms with E-state index in [1.54, 1.807) is 6.20 Å². The normalized spacial score (nSPS) is 10.4. The fourth-order valence-electron chi connectivity index (χ4n) is 0.802. The van der Waals surface area contributed by atoms with E-state index in [0.717, 1.165) is 14.7 Å². The van der Waals surface area contributed by atoms with Crippen LogP contribution in [-0.2, 0) is 0 Å². The van der Waals surface area contributed by atoms with E-state index in [1.165, 1.54) is 11.5 Å². The molecule has 2 aromatic heterocycles. The molecule has 0 amide bonds. The quantitative estimate of drug-likeness (QED) is 0.612. The van der Waals surface area contributed by atoms with Crippen LogP contribution in [0, 0.1) is 4.51 Å². The molecule has 0 saturated heterocycles. The van der Waals surface area contributed by atoms with Crippen LogP contribution in [0.15, 0.2) is 18.5 Å². The summed E-state index contributed by atoms with van der Waals surface area (Å²) >= 11 is 6.48. The highest BCUT2D eigenvalue weighted by molar-refractivity contribution is 7.71. The molecule has 0 fully saturated rings. The Labute approximate surface area is 66.7 Å². The van der Waals surface area contributed by atoms with E-state index in [-0.39, 0.29) is 0 Å². The van der Waals surface area contributed by atoms with Crippen molar-refractivity contribution in [3.8, 4) is 0 Å². The number of H-pyrrole nitrogens is 1. The van der Waals surface area contributed by atoms with Crippen molar-refractivity contribution >= 4 is 34.0 Å². The SMILES string of the molecule is S=c1cc[nH]c2sncc12. The second kappa shape index (κ2) is 2.14. The molecule has 0 atom stereocenters. The minimum absolute atomic E-state index is 0.863. The van der Waals surface area contributed by atoms with Gasteiger partial charge in [-0.3, -0.25) is 0 Å². The first-order chi connectivity index (χ1) is 4.88. The number of rotatable bonds is 0. The second-order valence-corrected chi connectivity index (χ2v) is 3.15. The molecule has 0 aromatic carbocycles. The summed E-state index contributed by atoms with van der Waals surface area (Å²) in [6.07, 6.45) is 3.63. The number of hydrogen-bond donors (Lipinski definition) is 1. The molecule has 0 radical (unpaired) electrons. The van der Waals surface area contributed by atoms with E-state index in [2.05, 4.69) is 9.36 Å². The van der Waals surface area contributed by atoms with Gasteiger partial charge in [-0.05, 0) is 17.6 Å². The minimum atomic E-state index is 0.863. The van der Waals surface area contributed by atoms with Gasteiger partial charge in [0.25, 0.3) is 0 Å². The molecule has 4 heteroatoms. The zero-order chi connectivity index (χ0) is 6.97. The number of aromatic nitrogens is 2. The van der Waals surface area contributed by atoms with Crippen LogP contribution in [0.4, 0.5) is 0 Å². The van der Waals surface area contributed by atoms with Crippen LogP contribution >= 0.6 is 23.8 Å². The van der Waals surface area contributed by atoms with Gasteiger partial charge in [0.05, 0.1) is 10.7 Å². The summed E-state index contributed by atoms with van der Waals surface area (Å²) in [5.74, 6) is 0. The summed E-state index contributed by atoms with van der Waals surface area (Å²) in [5, 5.41) is 1.04. The number of hydrogen-bond acceptors (Lipinski definition) is 3. The predicted molar refractivity (Wildman–Crippen MR) is 44.8 cm³/mol. The number of pyridine rings is 1. The molecule has 0 aliphatic carbocycles. The lowest BCUT2D eigenvalue weighted by Gasteiger charge is -1.84. The number of fused-ring (bicyclic) bond motifs is 1. The fourth-order valence-corrected chi connectivity index (χ4v) is 1.73. The van der Waals surface area contributed by atoms with Crippen LogP contribution in [0.3, 0.4) is 0 Å². The number of nitrogens with zero attached hydrogens (tertiary/aromatic N) is 1. The maximum Gasteiger partial charge on any atom is 0.122 e. The highest BCUT2D eigenvalue weighted by atomic mass is 32.1. The maximum absolute atomic E-state index is 5.05. The van der Waals surface area contributed by atoms with Crippen LogP contribution in [0.25, 0.3) is 10.2 Å². The van der Waals surface area contributed by atoms with Crippen molar-refractivity contribution in [2.45, 2.75) is 0 Å². The van der Waals surface area contributed by atoms with Gasteiger partial charge in [0.1, 0.15) is 4.83 Å². The molecule has 2 rings (SSSR count). The molecule has 0 spiro atoms. The average molecular weight is 168 g/mol. The van der Waals surface area contributed by atoms with Gasteiger partial charge in [0.15, 0.2) is 0 Å². The lowest BCUT2D eigenvalue weighted by Crippen LogP contribution is -1.68. The average Bonchev–Trinajstić information content (AvgIpc) is 2.36. The summed E-state index contributed by atoms with van der Waals surface area (Å²) in [4.78, 5) is 4.11. The molecule has 2 aromatic rings. The van der Waals surface area contributed by atoms with Crippen molar-refractivity contribution in [3.05, 3.63) is 23.0 Å². The highest BCUT2D eigenvalue weighted by Gasteiger charge is 1.94. The zero-order valence-electron chi connectivity index (χ0n) is 5.00. The fraction of sp³-hybridized carbons (Fsp3) is 0. The molecule has 10 heavy (non-hydrogen) atoms. The van der Waals surface area contributed by atoms with Crippen molar-refractivity contribution in [1.29, 1.82) is 0 Å². The Morgan fingerprint density at radius 3 is 3.30 bits per heavy atom. The van der Waals surface area contributed by atoms with Crippen molar-refractivity contribution in [2.24, 2.45) is 0 Å². The van der Waals surface area contributed by atoms with Gasteiger partial charge in [0, 0.05) is 11.6 Å². The maximum atomic E-state index is 5.05. The van der Waals surface area contributed by atoms with E-state index in [9.17, 15) is 0 Å². The smallest absolute Gasteiger partial charge is 0.122 e. The monoisotopic (exact) mass is 168 g/mol. The van der Waals surface area contributed by atoms with Crippen molar-refractivity contribution in [1.82, 2.24) is 9.36 Å². The molecule has 50 valence electrons. The van der Waals surface area contributed by atoms with Crippen molar-refractivity contribution < 1.29 is 0 Å². The van der Waals surface area contributed by atoms with Crippen molar-refractivity contribution in [2.75, 3.05) is 0 Å². The van der Waals surface area contributed by atoms with Crippen LogP contribution in [0.1, 0.15) is 0 Å². The standard InChI is InChI=1S/C6H4N2S2/c9-5-1-2-7-6-4(5)3-8-10-6/h1-3H,(H,7,9). The second-order valence-electron chi connectivity index (χ2n) is 1.91. The van der Waals surface area contributed by atoms with E-state index in [4.69, 9.17) is 12.2 Å². The van der Waals surface area contributed by atoms with Gasteiger partial charge < -0.3 is 4.98 Å². The van der Waals surface area contributed by atoms with Gasteiger partial charge in [-0.2, -0.15) is 4.37 Å². The van der Waals surface area contributed by atoms with Crippen LogP contribution in [0.5, 0.6) is 0 Å². The number of aromatic amines is 1. The molecule has 2 nitrogen and oxygen atoms in total. The highest BCUT2D eigenvalue weighted by Crippen LogP contribution is 2.14. The zero-order valence-corrected chi connectivity index (χ0v) is 6.63. The van der Waals surface area contributed by atoms with Gasteiger partial charge in [0.2, 0.25) is 0 Å². The molecule has 0 aliphatic heterocycles. The molecule has 0 saturated carbocycles. The molecule has 0 bridgehead atoms. The van der Waals surface area contributed by atoms with E-state index in [1.807, 2.05) is 12.3 Å². The van der Waals surface area contributed by atoms with Gasteiger partial charge >= 0.3 is 0 Å². The summed E-state index contributed by atoms with van der Waals surface area (Å²) in [6, 6.07) is 1.87. The third kappa shape index (κ3) is 0.767. The Morgan fingerprint density at radius 2 is 2.50 bits per heavy atom. The summed E-state index contributed by atoms with van der Waals surface area (Å²) < 4.78 is 4.87. The van der Waals surface area contributed by atoms with Crippen LogP contribution < -0.4 is 0 Å². The van der Waals surface area contributed by atoms with E-state index < -0.39 is 0 Å². The third-order valence-corrected chi connectivity index (χ3v) is 2.37. The van der Waals surface area contributed by atoms with E-state index >= 15 is 0 Å². The van der Waals surface area contributed by atoms with Gasteiger partial charge in [-0.1, -0.05) is 12.2 Å². The summed E-state index contributed by atoms with van der Waals surface area (Å²) in [7, 11) is 0. The molecule has 2 heterocycles. The first kappa shape index (κ1) is 6.00. The van der Waals surface area contributed by atoms with Crippen LogP contribution in [-0.4, -0.2) is 9.36 Å². The van der Waals surface area contributed by atoms with Gasteiger partial charge in [-0.15, -0.1) is 0 Å². The Morgan fingerprint density at radius 1 is 1.60 bits per heavy atom. The molecule has 1 N–H and O–H groups in total. The Bertz CT molecular complexity index is 401. The topological polar surface area (TPSA) is 28.7 Å². The summed E-state index contributed by atoms with van der Waals surface area (Å²) in [5.41, 5.74) is 0. The molecule has 0 aliphatic rings. The lowest BCUT2D eigenvalue weighted by atomic mass is 10.4. The minimum Gasteiger partial charge on any atom is -0.352 e. The predicted octanol–water partition coefficient (Wildman–Crippen LogP) is 2.35. The van der Waals surface area contributed by atoms with Gasteiger partial charge in [-0.25, -0.2) is 0 Å². The first-order valence-electron chi connectivity index (χ1n) is 2.80. The summed E-state index contributed by atoms with van der Waals surface area (Å²) in [6.45, 7) is 0. The van der Waals surface area contributed by atoms with Crippen molar-refractivity contribution in [3.63, 3.8) is 0 Å². The Hall–Kier alpha value is -0.740. The Kier molecular flexibility index (Phi) is 1.28. The van der Waals surface area contributed by atoms with E-state index in [0.29, 0.717) is 0 Å². The lowest BCUT2D eigenvalue weighted by molar-refractivity contribution is 1.44. The third-order valence-electron chi connectivity index (χ3n) is 1.29.